The fraction of sp³-hybridized carbons (Fsp3) is 0.125. The highest BCUT2D eigenvalue weighted by Crippen LogP contribution is 2.01. The summed E-state index contributed by atoms with van der Waals surface area (Å²) < 4.78 is 0. The van der Waals surface area contributed by atoms with Gasteiger partial charge in [0.25, 0.3) is 0 Å². The van der Waals surface area contributed by atoms with Crippen LogP contribution in [0.2, 0.25) is 0 Å². The second kappa shape index (κ2) is 3.13. The molecule has 1 heterocycles. The number of aromatic nitrogens is 1. The highest BCUT2D eigenvalue weighted by Gasteiger charge is 1.90. The van der Waals surface area contributed by atoms with Crippen molar-refractivity contribution in [3.8, 4) is 0 Å². The molecular weight excluding hydrogens is 126 g/mol. The summed E-state index contributed by atoms with van der Waals surface area (Å²) in [5, 5.41) is 8.66. The number of aliphatic hydroxyl groups is 1. The van der Waals surface area contributed by atoms with Crippen LogP contribution in [0, 0.1) is 0 Å². The monoisotopic (exact) mass is 135 g/mol. The van der Waals surface area contributed by atoms with Gasteiger partial charge in [-0.3, -0.25) is 4.98 Å². The van der Waals surface area contributed by atoms with E-state index in [1.165, 1.54) is 0 Å². The fourth-order valence-electron chi connectivity index (χ4n) is 0.710. The summed E-state index contributed by atoms with van der Waals surface area (Å²) in [5.74, 6) is 0. The van der Waals surface area contributed by atoms with Gasteiger partial charge in [0, 0.05) is 6.20 Å². The van der Waals surface area contributed by atoms with Crippen molar-refractivity contribution in [3.63, 3.8) is 0 Å². The molecule has 1 aromatic heterocycles. The molecule has 1 N–H and O–H groups in total. The first-order valence-corrected chi connectivity index (χ1v) is 3.05. The van der Waals surface area contributed by atoms with Gasteiger partial charge < -0.3 is 5.11 Å². The molecule has 0 spiro atoms. The average molecular weight is 135 g/mol. The fourth-order valence-corrected chi connectivity index (χ4v) is 0.710. The molecule has 0 aromatic carbocycles. The molecular formula is C8H9NO. The van der Waals surface area contributed by atoms with Crippen LogP contribution in [0.3, 0.4) is 0 Å². The van der Waals surface area contributed by atoms with Crippen LogP contribution < -0.4 is 0 Å². The van der Waals surface area contributed by atoms with Crippen molar-refractivity contribution >= 4 is 6.08 Å². The molecule has 0 saturated heterocycles. The second-order valence-corrected chi connectivity index (χ2v) is 1.94. The largest absolute Gasteiger partial charge is 0.390 e. The third kappa shape index (κ3) is 1.42. The van der Waals surface area contributed by atoms with E-state index in [1.54, 1.807) is 18.3 Å². The summed E-state index contributed by atoms with van der Waals surface area (Å²) in [6.07, 6.45) is 3.38. The first kappa shape index (κ1) is 6.96. The Hall–Kier alpha value is -1.15. The molecule has 2 heteroatoms. The highest BCUT2D eigenvalue weighted by molar-refractivity contribution is 5.46. The molecule has 0 fully saturated rings. The molecule has 2 nitrogen and oxygen atoms in total. The molecule has 10 heavy (non-hydrogen) atoms. The number of nitrogens with zero attached hydrogens (tertiary/aromatic N) is 1. The van der Waals surface area contributed by atoms with Crippen LogP contribution in [0.4, 0.5) is 0 Å². The molecule has 0 amide bonds. The molecule has 0 atom stereocenters. The normalized spacial score (nSPS) is 9.30. The van der Waals surface area contributed by atoms with Gasteiger partial charge in [0.2, 0.25) is 0 Å². The summed E-state index contributed by atoms with van der Waals surface area (Å²) in [6.45, 7) is 3.58. The van der Waals surface area contributed by atoms with Crippen molar-refractivity contribution < 1.29 is 5.11 Å². The summed E-state index contributed by atoms with van der Waals surface area (Å²) in [6, 6.07) is 3.64. The summed E-state index contributed by atoms with van der Waals surface area (Å²) in [4.78, 5) is 3.91. The van der Waals surface area contributed by atoms with Gasteiger partial charge >= 0.3 is 0 Å². The standard InChI is InChI=1S/C8H9NO/c1-2-7-3-4-9-8(5-7)6-10/h2-5,10H,1,6H2. The maximum Gasteiger partial charge on any atom is 0.0853 e. The van der Waals surface area contributed by atoms with Gasteiger partial charge in [0.1, 0.15) is 0 Å². The smallest absolute Gasteiger partial charge is 0.0853 e. The average Bonchev–Trinajstić information content (AvgIpc) is 2.05. The zero-order valence-electron chi connectivity index (χ0n) is 5.62. The molecule has 0 bridgehead atoms. The van der Waals surface area contributed by atoms with E-state index in [0.717, 1.165) is 5.56 Å². The number of hydrogen-bond acceptors (Lipinski definition) is 2. The van der Waals surface area contributed by atoms with Crippen molar-refractivity contribution in [1.82, 2.24) is 4.98 Å². The van der Waals surface area contributed by atoms with Crippen LogP contribution in [0.1, 0.15) is 11.3 Å². The molecule has 0 aliphatic rings. The zero-order valence-corrected chi connectivity index (χ0v) is 5.62. The predicted octanol–water partition coefficient (Wildman–Crippen LogP) is 1.22. The Balaban J connectivity index is 2.98. The molecule has 0 radical (unpaired) electrons. The van der Waals surface area contributed by atoms with Crippen molar-refractivity contribution in [1.29, 1.82) is 0 Å². The summed E-state index contributed by atoms with van der Waals surface area (Å²) >= 11 is 0. The molecule has 52 valence electrons. The van der Waals surface area contributed by atoms with Gasteiger partial charge in [-0.05, 0) is 17.7 Å². The van der Waals surface area contributed by atoms with E-state index < -0.39 is 0 Å². The Bertz CT molecular complexity index is 232. The number of hydrogen-bond donors (Lipinski definition) is 1. The van der Waals surface area contributed by atoms with E-state index in [9.17, 15) is 0 Å². The van der Waals surface area contributed by atoms with Gasteiger partial charge in [0.05, 0.1) is 12.3 Å². The first-order chi connectivity index (χ1) is 4.86. The molecule has 0 unspecified atom stereocenters. The summed E-state index contributed by atoms with van der Waals surface area (Å²) in [7, 11) is 0. The van der Waals surface area contributed by atoms with E-state index in [1.807, 2.05) is 6.07 Å². The molecule has 0 saturated carbocycles. The lowest BCUT2D eigenvalue weighted by atomic mass is 10.2. The molecule has 0 aliphatic carbocycles. The van der Waals surface area contributed by atoms with E-state index >= 15 is 0 Å². The Morgan fingerprint density at radius 1 is 1.70 bits per heavy atom. The van der Waals surface area contributed by atoms with Crippen molar-refractivity contribution in [3.05, 3.63) is 36.2 Å². The summed E-state index contributed by atoms with van der Waals surface area (Å²) in [5.41, 5.74) is 1.66. The number of aliphatic hydroxyl groups excluding tert-OH is 1. The van der Waals surface area contributed by atoms with E-state index in [2.05, 4.69) is 11.6 Å². The van der Waals surface area contributed by atoms with E-state index in [0.29, 0.717) is 5.69 Å². The van der Waals surface area contributed by atoms with Crippen LogP contribution in [0.15, 0.2) is 24.9 Å². The van der Waals surface area contributed by atoms with Gasteiger partial charge in [-0.1, -0.05) is 12.7 Å². The first-order valence-electron chi connectivity index (χ1n) is 3.05. The van der Waals surface area contributed by atoms with Crippen molar-refractivity contribution in [2.75, 3.05) is 0 Å². The molecule has 0 aliphatic heterocycles. The minimum absolute atomic E-state index is 0.0122. The van der Waals surface area contributed by atoms with Crippen molar-refractivity contribution in [2.45, 2.75) is 6.61 Å². The lowest BCUT2D eigenvalue weighted by Gasteiger charge is -1.94. The lowest BCUT2D eigenvalue weighted by Crippen LogP contribution is -1.87. The lowest BCUT2D eigenvalue weighted by molar-refractivity contribution is 0.277. The van der Waals surface area contributed by atoms with E-state index in [-0.39, 0.29) is 6.61 Å². The van der Waals surface area contributed by atoms with Crippen LogP contribution in [0.5, 0.6) is 0 Å². The SMILES string of the molecule is C=Cc1ccnc(CO)c1. The van der Waals surface area contributed by atoms with Crippen LogP contribution >= 0.6 is 0 Å². The van der Waals surface area contributed by atoms with Crippen LogP contribution in [0.25, 0.3) is 6.08 Å². The topological polar surface area (TPSA) is 33.1 Å². The zero-order chi connectivity index (χ0) is 7.40. The molecule has 1 aromatic rings. The van der Waals surface area contributed by atoms with Gasteiger partial charge in [-0.25, -0.2) is 0 Å². The maximum atomic E-state index is 8.66. The van der Waals surface area contributed by atoms with Crippen LogP contribution in [-0.2, 0) is 6.61 Å². The Morgan fingerprint density at radius 2 is 2.50 bits per heavy atom. The van der Waals surface area contributed by atoms with Gasteiger partial charge in [-0.15, -0.1) is 0 Å². The van der Waals surface area contributed by atoms with Crippen molar-refractivity contribution in [2.24, 2.45) is 0 Å². The van der Waals surface area contributed by atoms with Gasteiger partial charge in [-0.2, -0.15) is 0 Å². The quantitative estimate of drug-likeness (QED) is 0.661. The Labute approximate surface area is 59.9 Å². The van der Waals surface area contributed by atoms with Gasteiger partial charge in [0.15, 0.2) is 0 Å². The second-order valence-electron chi connectivity index (χ2n) is 1.94. The maximum absolute atomic E-state index is 8.66. The Morgan fingerprint density at radius 3 is 3.10 bits per heavy atom. The predicted molar refractivity (Wildman–Crippen MR) is 40.3 cm³/mol. The van der Waals surface area contributed by atoms with Crippen LogP contribution in [-0.4, -0.2) is 10.1 Å². The third-order valence-corrected chi connectivity index (χ3v) is 1.24. The third-order valence-electron chi connectivity index (χ3n) is 1.24. The Kier molecular flexibility index (Phi) is 2.18. The highest BCUT2D eigenvalue weighted by atomic mass is 16.3. The number of rotatable bonds is 2. The molecule has 1 rings (SSSR count). The minimum atomic E-state index is -0.0122. The van der Waals surface area contributed by atoms with E-state index in [4.69, 9.17) is 5.11 Å². The number of pyridine rings is 1. The minimum Gasteiger partial charge on any atom is -0.390 e.